The van der Waals surface area contributed by atoms with E-state index in [-0.39, 0.29) is 0 Å². The first kappa shape index (κ1) is 10.0. The van der Waals surface area contributed by atoms with Crippen LogP contribution in [0, 0.1) is 0 Å². The lowest BCUT2D eigenvalue weighted by atomic mass is 10.3. The molecule has 0 aliphatic rings. The van der Waals surface area contributed by atoms with Crippen LogP contribution >= 0.6 is 15.9 Å². The van der Waals surface area contributed by atoms with Crippen molar-refractivity contribution in [1.82, 2.24) is 9.78 Å². The summed E-state index contributed by atoms with van der Waals surface area (Å²) in [6.45, 7) is 0. The van der Waals surface area contributed by atoms with Crippen LogP contribution in [0.5, 0.6) is 0 Å². The monoisotopic (exact) mass is 266 g/mol. The normalized spacial score (nSPS) is 10.3. The zero-order valence-corrected chi connectivity index (χ0v) is 9.82. The molecule has 0 fully saturated rings. The highest BCUT2D eigenvalue weighted by Gasteiger charge is 2.08. The molecule has 5 heteroatoms. The van der Waals surface area contributed by atoms with Crippen LogP contribution < -0.4 is 11.1 Å². The van der Waals surface area contributed by atoms with Gasteiger partial charge in [0.1, 0.15) is 11.6 Å². The Hall–Kier alpha value is -1.49. The van der Waals surface area contributed by atoms with Crippen LogP contribution in [0.15, 0.2) is 34.8 Å². The summed E-state index contributed by atoms with van der Waals surface area (Å²) in [4.78, 5) is 0. The lowest BCUT2D eigenvalue weighted by Gasteiger charge is -2.07. The number of hydrogen-bond donors (Lipinski definition) is 2. The van der Waals surface area contributed by atoms with Gasteiger partial charge in [0.2, 0.25) is 0 Å². The maximum absolute atomic E-state index is 5.66. The van der Waals surface area contributed by atoms with Gasteiger partial charge in [0, 0.05) is 17.6 Å². The molecule has 2 aromatic rings. The first-order valence-electron chi connectivity index (χ1n) is 4.50. The van der Waals surface area contributed by atoms with Gasteiger partial charge in [0.05, 0.1) is 5.69 Å². The lowest BCUT2D eigenvalue weighted by Crippen LogP contribution is -2.03. The van der Waals surface area contributed by atoms with Crippen LogP contribution in [0.4, 0.5) is 11.6 Å². The third-order valence-corrected chi connectivity index (χ3v) is 2.74. The number of nitrogens with zero attached hydrogens (tertiary/aromatic N) is 2. The van der Waals surface area contributed by atoms with Gasteiger partial charge in [-0.2, -0.15) is 0 Å². The number of rotatable bonds is 2. The number of nitrogens with two attached hydrogens (primary N) is 1. The van der Waals surface area contributed by atoms with E-state index in [1.54, 1.807) is 10.7 Å². The topological polar surface area (TPSA) is 55.9 Å². The molecular weight excluding hydrogens is 256 g/mol. The number of nitrogens with one attached hydrogen (secondary N) is 1. The van der Waals surface area contributed by atoms with Gasteiger partial charge in [-0.15, -0.1) is 5.10 Å². The van der Waals surface area contributed by atoms with Gasteiger partial charge in [0.15, 0.2) is 0 Å². The second kappa shape index (κ2) is 3.94. The van der Waals surface area contributed by atoms with Crippen LogP contribution in [-0.2, 0) is 0 Å². The average molecular weight is 267 g/mol. The maximum Gasteiger partial charge on any atom is 0.148 e. The Kier molecular flexibility index (Phi) is 2.64. The Morgan fingerprint density at radius 3 is 2.80 bits per heavy atom. The average Bonchev–Trinajstić information content (AvgIpc) is 2.60. The molecule has 0 aliphatic carbocycles. The van der Waals surface area contributed by atoms with Crippen molar-refractivity contribution < 1.29 is 0 Å². The van der Waals surface area contributed by atoms with Crippen molar-refractivity contribution in [3.05, 3.63) is 34.8 Å². The highest BCUT2D eigenvalue weighted by molar-refractivity contribution is 9.10. The number of hydrogen-bond acceptors (Lipinski definition) is 3. The second-order valence-electron chi connectivity index (χ2n) is 3.07. The first-order chi connectivity index (χ1) is 7.22. The molecule has 1 aromatic heterocycles. The van der Waals surface area contributed by atoms with Crippen molar-refractivity contribution in [2.45, 2.75) is 0 Å². The number of aromatic nitrogens is 2. The lowest BCUT2D eigenvalue weighted by molar-refractivity contribution is 0.886. The van der Waals surface area contributed by atoms with E-state index in [0.717, 1.165) is 16.0 Å². The summed E-state index contributed by atoms with van der Waals surface area (Å²) < 4.78 is 2.74. The molecule has 0 aliphatic heterocycles. The Morgan fingerprint density at radius 2 is 2.13 bits per heavy atom. The van der Waals surface area contributed by atoms with Crippen LogP contribution in [0.2, 0.25) is 0 Å². The molecule has 0 unspecified atom stereocenters. The minimum absolute atomic E-state index is 0.495. The van der Waals surface area contributed by atoms with Crippen molar-refractivity contribution >= 4 is 27.6 Å². The van der Waals surface area contributed by atoms with Crippen LogP contribution in [-0.4, -0.2) is 16.8 Å². The van der Waals surface area contributed by atoms with E-state index in [2.05, 4.69) is 26.3 Å². The van der Waals surface area contributed by atoms with Gasteiger partial charge in [-0.1, -0.05) is 12.1 Å². The van der Waals surface area contributed by atoms with Crippen molar-refractivity contribution in [2.24, 2.45) is 0 Å². The first-order valence-corrected chi connectivity index (χ1v) is 5.30. The predicted molar refractivity (Wildman–Crippen MR) is 65.2 cm³/mol. The van der Waals surface area contributed by atoms with Gasteiger partial charge in [0.25, 0.3) is 0 Å². The summed E-state index contributed by atoms with van der Waals surface area (Å²) in [5.41, 5.74) is 6.61. The van der Waals surface area contributed by atoms with Crippen LogP contribution in [0.25, 0.3) is 5.69 Å². The summed E-state index contributed by atoms with van der Waals surface area (Å²) in [5, 5.41) is 7.26. The molecule has 0 bridgehead atoms. The van der Waals surface area contributed by atoms with E-state index in [1.807, 2.05) is 31.3 Å². The summed E-state index contributed by atoms with van der Waals surface area (Å²) in [5.74, 6) is 1.36. The molecule has 0 spiro atoms. The number of benzene rings is 1. The number of para-hydroxylation sites is 1. The van der Waals surface area contributed by atoms with E-state index in [1.165, 1.54) is 0 Å². The fourth-order valence-corrected chi connectivity index (χ4v) is 1.84. The molecule has 0 saturated carbocycles. The van der Waals surface area contributed by atoms with E-state index >= 15 is 0 Å². The van der Waals surface area contributed by atoms with E-state index in [9.17, 15) is 0 Å². The minimum atomic E-state index is 0.495. The number of halogens is 1. The third kappa shape index (κ3) is 1.83. The maximum atomic E-state index is 5.66. The van der Waals surface area contributed by atoms with Crippen molar-refractivity contribution in [2.75, 3.05) is 18.1 Å². The fourth-order valence-electron chi connectivity index (χ4n) is 1.38. The van der Waals surface area contributed by atoms with Gasteiger partial charge < -0.3 is 11.1 Å². The molecule has 0 saturated heterocycles. The second-order valence-corrected chi connectivity index (χ2v) is 3.92. The quantitative estimate of drug-likeness (QED) is 0.877. The fraction of sp³-hybridized carbons (Fsp3) is 0.100. The zero-order chi connectivity index (χ0) is 10.8. The van der Waals surface area contributed by atoms with Crippen molar-refractivity contribution in [3.63, 3.8) is 0 Å². The van der Waals surface area contributed by atoms with Gasteiger partial charge in [-0.3, -0.25) is 0 Å². The smallest absolute Gasteiger partial charge is 0.148 e. The largest absolute Gasteiger partial charge is 0.382 e. The van der Waals surface area contributed by atoms with Crippen LogP contribution in [0.3, 0.4) is 0 Å². The highest BCUT2D eigenvalue weighted by atomic mass is 79.9. The molecule has 78 valence electrons. The SMILES string of the molecule is CNc1cc(N)nn1-c1ccccc1Br. The standard InChI is InChI=1S/C10H11BrN4/c1-13-10-6-9(12)14-15(10)8-5-3-2-4-7(8)11/h2-6,13H,1H3,(H2,12,14). The Morgan fingerprint density at radius 1 is 1.40 bits per heavy atom. The Bertz CT molecular complexity index is 478. The molecular formula is C10H11BrN4. The molecule has 2 rings (SSSR count). The van der Waals surface area contributed by atoms with Crippen LogP contribution in [0.1, 0.15) is 0 Å². The Labute approximate surface area is 96.2 Å². The highest BCUT2D eigenvalue weighted by Crippen LogP contribution is 2.24. The van der Waals surface area contributed by atoms with E-state index in [4.69, 9.17) is 5.73 Å². The summed E-state index contributed by atoms with van der Waals surface area (Å²) in [6.07, 6.45) is 0. The molecule has 0 amide bonds. The summed E-state index contributed by atoms with van der Waals surface area (Å²) in [7, 11) is 1.84. The number of nitrogen functional groups attached to an aromatic ring is 1. The van der Waals surface area contributed by atoms with E-state index in [0.29, 0.717) is 5.82 Å². The molecule has 1 aromatic carbocycles. The zero-order valence-electron chi connectivity index (χ0n) is 8.24. The van der Waals surface area contributed by atoms with Gasteiger partial charge in [-0.25, -0.2) is 4.68 Å². The molecule has 0 radical (unpaired) electrons. The molecule has 1 heterocycles. The molecule has 0 atom stereocenters. The predicted octanol–water partition coefficient (Wildman–Crippen LogP) is 2.26. The van der Waals surface area contributed by atoms with Crippen molar-refractivity contribution in [1.29, 1.82) is 0 Å². The van der Waals surface area contributed by atoms with Gasteiger partial charge in [-0.05, 0) is 28.1 Å². The molecule has 4 nitrogen and oxygen atoms in total. The van der Waals surface area contributed by atoms with E-state index < -0.39 is 0 Å². The Balaban J connectivity index is 2.58. The molecule has 15 heavy (non-hydrogen) atoms. The minimum Gasteiger partial charge on any atom is -0.382 e. The number of anilines is 2. The summed E-state index contributed by atoms with van der Waals surface area (Å²) in [6, 6.07) is 9.64. The van der Waals surface area contributed by atoms with Gasteiger partial charge >= 0.3 is 0 Å². The summed E-state index contributed by atoms with van der Waals surface area (Å²) >= 11 is 3.48. The molecule has 3 N–H and O–H groups in total. The third-order valence-electron chi connectivity index (χ3n) is 2.07. The van der Waals surface area contributed by atoms with Crippen molar-refractivity contribution in [3.8, 4) is 5.69 Å².